The molecular weight excluding hydrogens is 522 g/mol. The van der Waals surface area contributed by atoms with E-state index in [4.69, 9.17) is 5.10 Å². The maximum atomic E-state index is 4.87. The van der Waals surface area contributed by atoms with Crippen molar-refractivity contribution in [3.8, 4) is 0 Å². The zero-order chi connectivity index (χ0) is 29.9. The van der Waals surface area contributed by atoms with Crippen LogP contribution in [-0.2, 0) is 0 Å². The second-order valence-corrected chi connectivity index (χ2v) is 10.00. The largest absolute Gasteiger partial charge is 0.317 e. The minimum atomic E-state index is 0.990. The second-order valence-electron chi connectivity index (χ2n) is 10.00. The van der Waals surface area contributed by atoms with Crippen LogP contribution >= 0.6 is 0 Å². The molecule has 0 fully saturated rings. The fourth-order valence-corrected chi connectivity index (χ4v) is 4.73. The van der Waals surface area contributed by atoms with Crippen molar-refractivity contribution in [3.63, 3.8) is 0 Å². The number of allylic oxidation sites excluding steroid dienone is 5. The molecule has 0 aliphatic carbocycles. The van der Waals surface area contributed by atoms with Crippen molar-refractivity contribution in [1.82, 2.24) is 0 Å². The van der Waals surface area contributed by atoms with Crippen LogP contribution in [0.25, 0.3) is 5.57 Å². The lowest BCUT2D eigenvalue weighted by Gasteiger charge is -2.24. The van der Waals surface area contributed by atoms with Gasteiger partial charge in [-0.3, -0.25) is 0 Å². The van der Waals surface area contributed by atoms with Crippen LogP contribution in [0.4, 0.5) is 22.7 Å². The van der Waals surface area contributed by atoms with Gasteiger partial charge in [-0.25, -0.2) is 5.01 Å². The molecule has 0 aliphatic heterocycles. The van der Waals surface area contributed by atoms with Gasteiger partial charge in [0.05, 0.1) is 17.6 Å². The topological polar surface area (TPSA) is 18.8 Å². The molecule has 0 saturated carbocycles. The van der Waals surface area contributed by atoms with Gasteiger partial charge in [-0.1, -0.05) is 128 Å². The molecule has 0 aliphatic rings. The van der Waals surface area contributed by atoms with E-state index in [9.17, 15) is 0 Å². The van der Waals surface area contributed by atoms with Crippen LogP contribution in [0.3, 0.4) is 0 Å². The SMILES string of the molecule is C=C/C=C(C=C)/C(=C/N(c1ccc(C)cc1)c1ccc(/C=N/N(c2ccccc2)c2ccccc2)cc1)c1ccccc1. The van der Waals surface area contributed by atoms with Crippen LogP contribution in [-0.4, -0.2) is 6.21 Å². The first kappa shape index (κ1) is 28.8. The summed E-state index contributed by atoms with van der Waals surface area (Å²) >= 11 is 0. The van der Waals surface area contributed by atoms with Crippen molar-refractivity contribution in [2.24, 2.45) is 5.10 Å². The van der Waals surface area contributed by atoms with Gasteiger partial charge in [-0.15, -0.1) is 0 Å². The summed E-state index contributed by atoms with van der Waals surface area (Å²) in [7, 11) is 0. The molecule has 210 valence electrons. The van der Waals surface area contributed by atoms with E-state index in [0.717, 1.165) is 45.0 Å². The van der Waals surface area contributed by atoms with Crippen molar-refractivity contribution >= 4 is 34.5 Å². The van der Waals surface area contributed by atoms with Gasteiger partial charge in [-0.2, -0.15) is 5.10 Å². The van der Waals surface area contributed by atoms with E-state index < -0.39 is 0 Å². The van der Waals surface area contributed by atoms with Gasteiger partial charge in [0, 0.05) is 23.1 Å². The Morgan fingerprint density at radius 3 is 1.63 bits per heavy atom. The standard InChI is InChI=1S/C40H35N3/c1-4-15-34(5-2)40(35-16-9-6-10-17-35)31-42(36-26-22-32(3)23-27-36)37-28-24-33(25-29-37)30-41-43(38-18-11-7-12-19-38)39-20-13-8-14-21-39/h4-31H,1-2H2,3H3/b34-15+,40-31-,41-30+. The third-order valence-electron chi connectivity index (χ3n) is 6.98. The molecule has 3 heteroatoms. The summed E-state index contributed by atoms with van der Waals surface area (Å²) in [6.45, 7) is 10.1. The lowest BCUT2D eigenvalue weighted by molar-refractivity contribution is 1.09. The van der Waals surface area contributed by atoms with E-state index in [1.165, 1.54) is 5.56 Å². The number of hydrogen-bond donors (Lipinski definition) is 0. The zero-order valence-electron chi connectivity index (χ0n) is 24.4. The van der Waals surface area contributed by atoms with Crippen molar-refractivity contribution in [1.29, 1.82) is 0 Å². The second kappa shape index (κ2) is 14.3. The Morgan fingerprint density at radius 1 is 0.605 bits per heavy atom. The Bertz CT molecular complexity index is 1680. The van der Waals surface area contributed by atoms with Gasteiger partial charge in [0.25, 0.3) is 0 Å². The van der Waals surface area contributed by atoms with Crippen LogP contribution < -0.4 is 9.91 Å². The van der Waals surface area contributed by atoms with Crippen molar-refractivity contribution in [2.75, 3.05) is 9.91 Å². The molecule has 0 radical (unpaired) electrons. The molecule has 0 spiro atoms. The average molecular weight is 558 g/mol. The van der Waals surface area contributed by atoms with E-state index in [0.29, 0.717) is 0 Å². The summed E-state index contributed by atoms with van der Waals surface area (Å²) in [6.07, 6.45) is 9.73. The number of anilines is 4. The molecule has 3 nitrogen and oxygen atoms in total. The van der Waals surface area contributed by atoms with Gasteiger partial charge < -0.3 is 4.90 Å². The van der Waals surface area contributed by atoms with Crippen molar-refractivity contribution < 1.29 is 0 Å². The quantitative estimate of drug-likeness (QED) is 0.0914. The predicted octanol–water partition coefficient (Wildman–Crippen LogP) is 10.6. The van der Waals surface area contributed by atoms with Crippen LogP contribution in [0.5, 0.6) is 0 Å². The van der Waals surface area contributed by atoms with Gasteiger partial charge in [0.15, 0.2) is 0 Å². The minimum absolute atomic E-state index is 0.990. The maximum Gasteiger partial charge on any atom is 0.0652 e. The maximum absolute atomic E-state index is 4.87. The highest BCUT2D eigenvalue weighted by Crippen LogP contribution is 2.32. The van der Waals surface area contributed by atoms with E-state index in [1.807, 2.05) is 65.8 Å². The third kappa shape index (κ3) is 7.35. The molecule has 0 amide bonds. The Hall–Kier alpha value is -5.67. The summed E-state index contributed by atoms with van der Waals surface area (Å²) in [5.41, 5.74) is 9.41. The van der Waals surface area contributed by atoms with Crippen LogP contribution in [0.15, 0.2) is 188 Å². The minimum Gasteiger partial charge on any atom is -0.317 e. The number of rotatable bonds is 11. The van der Waals surface area contributed by atoms with E-state index in [1.54, 1.807) is 6.08 Å². The summed E-state index contributed by atoms with van der Waals surface area (Å²) in [5.74, 6) is 0. The molecule has 0 N–H and O–H groups in total. The molecule has 0 saturated heterocycles. The van der Waals surface area contributed by atoms with Crippen LogP contribution in [0, 0.1) is 6.92 Å². The number of benzene rings is 5. The van der Waals surface area contributed by atoms with Crippen molar-refractivity contribution in [2.45, 2.75) is 6.92 Å². The molecule has 0 bridgehead atoms. The number of para-hydroxylation sites is 2. The van der Waals surface area contributed by atoms with Gasteiger partial charge >= 0.3 is 0 Å². The summed E-state index contributed by atoms with van der Waals surface area (Å²) < 4.78 is 0. The summed E-state index contributed by atoms with van der Waals surface area (Å²) in [5, 5.41) is 6.82. The van der Waals surface area contributed by atoms with E-state index in [-0.39, 0.29) is 0 Å². The Kier molecular flexibility index (Phi) is 9.59. The molecular formula is C40H35N3. The first-order valence-electron chi connectivity index (χ1n) is 14.3. The number of aryl methyl sites for hydroxylation is 1. The highest BCUT2D eigenvalue weighted by Gasteiger charge is 2.13. The first-order valence-corrected chi connectivity index (χ1v) is 14.3. The molecule has 5 rings (SSSR count). The number of nitrogens with zero attached hydrogens (tertiary/aromatic N) is 3. The number of hydrazone groups is 1. The molecule has 0 heterocycles. The fraction of sp³-hybridized carbons (Fsp3) is 0.0250. The highest BCUT2D eigenvalue weighted by atomic mass is 15.5. The summed E-state index contributed by atoms with van der Waals surface area (Å²) in [6, 6.07) is 47.7. The van der Waals surface area contributed by atoms with E-state index >= 15 is 0 Å². The molecule has 0 atom stereocenters. The number of hydrogen-bond acceptors (Lipinski definition) is 3. The molecule has 0 aromatic heterocycles. The fourth-order valence-electron chi connectivity index (χ4n) is 4.73. The van der Waals surface area contributed by atoms with Crippen LogP contribution in [0.2, 0.25) is 0 Å². The van der Waals surface area contributed by atoms with Gasteiger partial charge in [-0.05, 0) is 72.2 Å². The molecule has 43 heavy (non-hydrogen) atoms. The predicted molar refractivity (Wildman–Crippen MR) is 185 cm³/mol. The lowest BCUT2D eigenvalue weighted by Crippen LogP contribution is -2.11. The van der Waals surface area contributed by atoms with Gasteiger partial charge in [0.2, 0.25) is 0 Å². The Balaban J connectivity index is 1.54. The Morgan fingerprint density at radius 2 is 1.12 bits per heavy atom. The van der Waals surface area contributed by atoms with Crippen LogP contribution in [0.1, 0.15) is 16.7 Å². The van der Waals surface area contributed by atoms with E-state index in [2.05, 4.69) is 128 Å². The highest BCUT2D eigenvalue weighted by molar-refractivity contribution is 5.87. The summed E-state index contributed by atoms with van der Waals surface area (Å²) in [4.78, 5) is 2.21. The van der Waals surface area contributed by atoms with Gasteiger partial charge in [0.1, 0.15) is 0 Å². The van der Waals surface area contributed by atoms with Crippen molar-refractivity contribution in [3.05, 3.63) is 199 Å². The lowest BCUT2D eigenvalue weighted by atomic mass is 9.98. The molecule has 5 aromatic carbocycles. The molecule has 5 aromatic rings. The zero-order valence-corrected chi connectivity index (χ0v) is 24.4. The third-order valence-corrected chi connectivity index (χ3v) is 6.98. The normalized spacial score (nSPS) is 11.7. The smallest absolute Gasteiger partial charge is 0.0652 e. The first-order chi connectivity index (χ1) is 21.2. The Labute approximate surface area is 255 Å². The average Bonchev–Trinajstić information content (AvgIpc) is 3.07. The monoisotopic (exact) mass is 557 g/mol. The molecule has 0 unspecified atom stereocenters.